The maximum Gasteiger partial charge on any atom is 0.306 e. The summed E-state index contributed by atoms with van der Waals surface area (Å²) in [6.07, 6.45) is 72.0. The third kappa shape index (κ3) is 58.7. The molecule has 418 valence electrons. The minimum Gasteiger partial charge on any atom is -0.462 e. The summed E-state index contributed by atoms with van der Waals surface area (Å²) in [5, 5.41) is 0. The largest absolute Gasteiger partial charge is 0.462 e. The van der Waals surface area contributed by atoms with Gasteiger partial charge >= 0.3 is 17.9 Å². The van der Waals surface area contributed by atoms with Gasteiger partial charge in [-0.25, -0.2) is 0 Å². The van der Waals surface area contributed by atoms with Gasteiger partial charge in [0.05, 0.1) is 0 Å². The molecule has 0 aromatic heterocycles. The van der Waals surface area contributed by atoms with Crippen molar-refractivity contribution >= 4 is 17.9 Å². The summed E-state index contributed by atoms with van der Waals surface area (Å²) in [4.78, 5) is 38.1. The van der Waals surface area contributed by atoms with Crippen LogP contribution in [0.1, 0.15) is 355 Å². The van der Waals surface area contributed by atoms with E-state index in [1.807, 2.05) is 0 Å². The zero-order chi connectivity index (χ0) is 51.4. The molecular weight excluding hydrogens is 877 g/mol. The number of esters is 3. The minimum absolute atomic E-state index is 0.0673. The minimum atomic E-state index is -0.768. The van der Waals surface area contributed by atoms with Crippen molar-refractivity contribution in [1.29, 1.82) is 0 Å². The van der Waals surface area contributed by atoms with Crippen molar-refractivity contribution < 1.29 is 28.6 Å². The highest BCUT2D eigenvalue weighted by atomic mass is 16.6. The van der Waals surface area contributed by atoms with E-state index in [2.05, 4.69) is 45.1 Å². The predicted molar refractivity (Wildman–Crippen MR) is 307 cm³/mol. The third-order valence-electron chi connectivity index (χ3n) is 14.5. The van der Waals surface area contributed by atoms with E-state index in [0.717, 1.165) is 64.2 Å². The molecule has 0 aliphatic heterocycles. The number of hydrogen-bond donors (Lipinski definition) is 0. The van der Waals surface area contributed by atoms with E-state index in [-0.39, 0.29) is 31.1 Å². The molecule has 0 bridgehead atoms. The average molecular weight is 1000 g/mol. The summed E-state index contributed by atoms with van der Waals surface area (Å²) in [6, 6.07) is 0. The Morgan fingerprint density at radius 3 is 0.803 bits per heavy atom. The van der Waals surface area contributed by atoms with Crippen molar-refractivity contribution in [3.63, 3.8) is 0 Å². The van der Waals surface area contributed by atoms with Crippen LogP contribution in [0.15, 0.2) is 24.3 Å². The summed E-state index contributed by atoms with van der Waals surface area (Å²) < 4.78 is 16.9. The molecule has 0 N–H and O–H groups in total. The van der Waals surface area contributed by atoms with Crippen molar-refractivity contribution in [1.82, 2.24) is 0 Å². The molecule has 0 saturated heterocycles. The Morgan fingerprint density at radius 2 is 0.507 bits per heavy atom. The standard InChI is InChI=1S/C65H122O6/c1-4-7-10-13-16-19-21-23-25-27-29-30-31-32-33-34-36-37-39-41-43-46-49-52-55-58-64(67)70-61-62(60-69-63(66)57-54-51-48-45-18-15-12-9-6-3)71-65(68)59-56-53-50-47-44-42-40-38-35-28-26-24-22-20-17-14-11-8-5-2/h17,20,24,26,62H,4-16,18-19,21-23,25,27-61H2,1-3H3/b20-17-,26-24-. The fraction of sp³-hybridized carbons (Fsp3) is 0.892. The first-order valence-corrected chi connectivity index (χ1v) is 31.8. The smallest absolute Gasteiger partial charge is 0.306 e. The predicted octanol–water partition coefficient (Wildman–Crippen LogP) is 21.4. The Hall–Kier alpha value is -2.11. The Kier molecular flexibility index (Phi) is 58.6. The van der Waals surface area contributed by atoms with E-state index in [4.69, 9.17) is 14.2 Å². The normalized spacial score (nSPS) is 12.1. The summed E-state index contributed by atoms with van der Waals surface area (Å²) in [7, 11) is 0. The van der Waals surface area contributed by atoms with Crippen LogP contribution in [0.5, 0.6) is 0 Å². The highest BCUT2D eigenvalue weighted by Gasteiger charge is 2.19. The van der Waals surface area contributed by atoms with Gasteiger partial charge in [0.1, 0.15) is 13.2 Å². The van der Waals surface area contributed by atoms with Gasteiger partial charge in [-0.3, -0.25) is 14.4 Å². The number of carbonyl (C=O) groups is 3. The van der Waals surface area contributed by atoms with Crippen LogP contribution in [0, 0.1) is 0 Å². The lowest BCUT2D eigenvalue weighted by Crippen LogP contribution is -2.30. The van der Waals surface area contributed by atoms with Crippen LogP contribution in [0.4, 0.5) is 0 Å². The van der Waals surface area contributed by atoms with Gasteiger partial charge in [-0.15, -0.1) is 0 Å². The Morgan fingerprint density at radius 1 is 0.282 bits per heavy atom. The number of rotatable bonds is 59. The quantitative estimate of drug-likeness (QED) is 0.0261. The molecule has 6 nitrogen and oxygen atoms in total. The monoisotopic (exact) mass is 999 g/mol. The highest BCUT2D eigenvalue weighted by molar-refractivity contribution is 5.71. The van der Waals surface area contributed by atoms with Crippen LogP contribution >= 0.6 is 0 Å². The summed E-state index contributed by atoms with van der Waals surface area (Å²) >= 11 is 0. The molecule has 0 fully saturated rings. The van der Waals surface area contributed by atoms with Gasteiger partial charge in [0.2, 0.25) is 0 Å². The molecule has 0 aliphatic carbocycles. The van der Waals surface area contributed by atoms with Crippen molar-refractivity contribution in [2.45, 2.75) is 361 Å². The Bertz CT molecular complexity index is 1150. The highest BCUT2D eigenvalue weighted by Crippen LogP contribution is 2.18. The lowest BCUT2D eigenvalue weighted by molar-refractivity contribution is -0.167. The number of ether oxygens (including phenoxy) is 3. The molecular formula is C65H122O6. The molecule has 1 unspecified atom stereocenters. The van der Waals surface area contributed by atoms with Crippen molar-refractivity contribution in [3.05, 3.63) is 24.3 Å². The SMILES string of the molecule is CCCCC/C=C\C/C=C\CCCCCCCCCCCC(=O)OC(COC(=O)CCCCCCCCCCC)COC(=O)CCCCCCCCCCCCCCCCCCCCCCCCCCC. The lowest BCUT2D eigenvalue weighted by atomic mass is 10.0. The van der Waals surface area contributed by atoms with E-state index in [0.29, 0.717) is 19.3 Å². The number of carbonyl (C=O) groups excluding carboxylic acids is 3. The molecule has 0 spiro atoms. The van der Waals surface area contributed by atoms with Crippen molar-refractivity contribution in [2.24, 2.45) is 0 Å². The number of unbranched alkanes of at least 4 members (excludes halogenated alkanes) is 44. The first kappa shape index (κ1) is 68.9. The Balaban J connectivity index is 4.14. The summed E-state index contributed by atoms with van der Waals surface area (Å²) in [5.41, 5.74) is 0. The molecule has 0 amide bonds. The molecule has 0 heterocycles. The molecule has 0 aromatic carbocycles. The fourth-order valence-electron chi connectivity index (χ4n) is 9.65. The molecule has 0 radical (unpaired) electrons. The maximum absolute atomic E-state index is 12.9. The van der Waals surface area contributed by atoms with Gasteiger partial charge in [-0.2, -0.15) is 0 Å². The maximum atomic E-state index is 12.9. The van der Waals surface area contributed by atoms with Crippen LogP contribution in [-0.2, 0) is 28.6 Å². The van der Waals surface area contributed by atoms with E-state index >= 15 is 0 Å². The summed E-state index contributed by atoms with van der Waals surface area (Å²) in [6.45, 7) is 6.65. The van der Waals surface area contributed by atoms with Crippen LogP contribution < -0.4 is 0 Å². The summed E-state index contributed by atoms with van der Waals surface area (Å²) in [5.74, 6) is -0.850. The van der Waals surface area contributed by atoms with Gasteiger partial charge in [0.25, 0.3) is 0 Å². The molecule has 0 aromatic rings. The zero-order valence-corrected chi connectivity index (χ0v) is 48.0. The molecule has 0 saturated carbocycles. The topological polar surface area (TPSA) is 78.9 Å². The molecule has 6 heteroatoms. The second kappa shape index (κ2) is 60.4. The second-order valence-corrected chi connectivity index (χ2v) is 21.7. The van der Waals surface area contributed by atoms with Crippen LogP contribution in [-0.4, -0.2) is 37.2 Å². The van der Waals surface area contributed by atoms with Crippen LogP contribution in [0.2, 0.25) is 0 Å². The van der Waals surface area contributed by atoms with Gasteiger partial charge in [0, 0.05) is 19.3 Å². The lowest BCUT2D eigenvalue weighted by Gasteiger charge is -2.18. The van der Waals surface area contributed by atoms with E-state index in [1.54, 1.807) is 0 Å². The first-order chi connectivity index (χ1) is 35.0. The molecule has 0 aliphatic rings. The fourth-order valence-corrected chi connectivity index (χ4v) is 9.65. The van der Waals surface area contributed by atoms with E-state index < -0.39 is 6.10 Å². The van der Waals surface area contributed by atoms with Crippen LogP contribution in [0.3, 0.4) is 0 Å². The molecule has 1 atom stereocenters. The van der Waals surface area contributed by atoms with Gasteiger partial charge in [0.15, 0.2) is 6.10 Å². The number of hydrogen-bond acceptors (Lipinski definition) is 6. The van der Waals surface area contributed by atoms with Crippen LogP contribution in [0.25, 0.3) is 0 Å². The Labute approximate surface area is 443 Å². The van der Waals surface area contributed by atoms with Gasteiger partial charge in [-0.05, 0) is 51.4 Å². The van der Waals surface area contributed by atoms with E-state index in [9.17, 15) is 14.4 Å². The zero-order valence-electron chi connectivity index (χ0n) is 48.0. The van der Waals surface area contributed by atoms with E-state index in [1.165, 1.54) is 250 Å². The number of allylic oxidation sites excluding steroid dienone is 4. The first-order valence-electron chi connectivity index (χ1n) is 31.8. The average Bonchev–Trinajstić information content (AvgIpc) is 3.37. The van der Waals surface area contributed by atoms with Gasteiger partial charge in [-0.1, -0.05) is 308 Å². The second-order valence-electron chi connectivity index (χ2n) is 21.7. The molecule has 71 heavy (non-hydrogen) atoms. The van der Waals surface area contributed by atoms with Crippen molar-refractivity contribution in [2.75, 3.05) is 13.2 Å². The molecule has 0 rings (SSSR count). The third-order valence-corrected chi connectivity index (χ3v) is 14.5. The van der Waals surface area contributed by atoms with Crippen molar-refractivity contribution in [3.8, 4) is 0 Å². The van der Waals surface area contributed by atoms with Gasteiger partial charge < -0.3 is 14.2 Å².